The zero-order chi connectivity index (χ0) is 23.2. The molecule has 0 radical (unpaired) electrons. The van der Waals surface area contributed by atoms with Gasteiger partial charge in [0.1, 0.15) is 11.5 Å². The molecular weight excluding hydrogens is 458 g/mol. The molecule has 168 valence electrons. The van der Waals surface area contributed by atoms with Crippen molar-refractivity contribution in [1.82, 2.24) is 4.98 Å². The highest BCUT2D eigenvalue weighted by molar-refractivity contribution is 8.01. The fourth-order valence-corrected chi connectivity index (χ4v) is 4.94. The average molecular weight is 480 g/mol. The molecule has 0 saturated heterocycles. The Morgan fingerprint density at radius 3 is 2.42 bits per heavy atom. The van der Waals surface area contributed by atoms with Crippen molar-refractivity contribution < 1.29 is 19.1 Å². The fraction of sp³-hybridized carbons (Fsp3) is 0.125. The van der Waals surface area contributed by atoms with Crippen LogP contribution in [0.3, 0.4) is 0 Å². The van der Waals surface area contributed by atoms with Crippen LogP contribution < -0.4 is 20.1 Å². The first-order valence-electron chi connectivity index (χ1n) is 9.97. The van der Waals surface area contributed by atoms with E-state index in [0.717, 1.165) is 14.6 Å². The van der Waals surface area contributed by atoms with Gasteiger partial charge in [-0.2, -0.15) is 0 Å². The highest BCUT2D eigenvalue weighted by Gasteiger charge is 2.11. The number of anilines is 2. The van der Waals surface area contributed by atoms with Gasteiger partial charge in [0.25, 0.3) is 5.91 Å². The largest absolute Gasteiger partial charge is 0.497 e. The maximum Gasteiger partial charge on any atom is 0.255 e. The molecule has 0 aliphatic rings. The van der Waals surface area contributed by atoms with Crippen molar-refractivity contribution in [2.24, 2.45) is 0 Å². The zero-order valence-corrected chi connectivity index (χ0v) is 19.6. The lowest BCUT2D eigenvalue weighted by Crippen LogP contribution is -2.13. The van der Waals surface area contributed by atoms with E-state index in [1.807, 2.05) is 36.4 Å². The van der Waals surface area contributed by atoms with E-state index in [1.165, 1.54) is 23.1 Å². The smallest absolute Gasteiger partial charge is 0.255 e. The quantitative estimate of drug-likeness (QED) is 0.334. The summed E-state index contributed by atoms with van der Waals surface area (Å²) in [5.74, 6) is 1.19. The van der Waals surface area contributed by atoms with E-state index in [1.54, 1.807) is 44.6 Å². The number of nitrogens with one attached hydrogen (secondary N) is 2. The number of fused-ring (bicyclic) bond motifs is 1. The maximum atomic E-state index is 12.6. The molecule has 0 fully saturated rings. The van der Waals surface area contributed by atoms with Crippen LogP contribution in [0.15, 0.2) is 71.1 Å². The number of hydrogen-bond donors (Lipinski definition) is 2. The Kier molecular flexibility index (Phi) is 7.11. The van der Waals surface area contributed by atoms with E-state index < -0.39 is 0 Å². The van der Waals surface area contributed by atoms with E-state index >= 15 is 0 Å². The Morgan fingerprint density at radius 1 is 0.909 bits per heavy atom. The van der Waals surface area contributed by atoms with Crippen molar-refractivity contribution in [2.45, 2.75) is 4.34 Å². The summed E-state index contributed by atoms with van der Waals surface area (Å²) in [6, 6.07) is 19.7. The predicted molar refractivity (Wildman–Crippen MR) is 133 cm³/mol. The van der Waals surface area contributed by atoms with Gasteiger partial charge in [0, 0.05) is 23.0 Å². The van der Waals surface area contributed by atoms with Gasteiger partial charge in [0.05, 0.1) is 30.2 Å². The molecule has 0 spiro atoms. The Hall–Kier alpha value is -3.56. The molecule has 1 aromatic heterocycles. The normalized spacial score (nSPS) is 10.6. The van der Waals surface area contributed by atoms with Crippen LogP contribution in [0.4, 0.5) is 11.4 Å². The molecule has 0 saturated carbocycles. The van der Waals surface area contributed by atoms with Gasteiger partial charge in [-0.05, 0) is 48.5 Å². The second kappa shape index (κ2) is 10.4. The molecule has 4 rings (SSSR count). The lowest BCUT2D eigenvalue weighted by Gasteiger charge is -2.06. The van der Waals surface area contributed by atoms with E-state index in [9.17, 15) is 9.59 Å². The standard InChI is InChI=1S/C24H21N3O4S2/c1-30-18-7-3-5-15(11-18)23(29)26-17-9-10-20-21(13-17)33-24(27-20)32-14-22(28)25-16-6-4-8-19(12-16)31-2/h3-13H,14H2,1-2H3,(H,25,28)(H,26,29). The molecule has 2 N–H and O–H groups in total. The van der Waals surface area contributed by atoms with Gasteiger partial charge < -0.3 is 20.1 Å². The van der Waals surface area contributed by atoms with Gasteiger partial charge in [0.15, 0.2) is 4.34 Å². The first kappa shape index (κ1) is 22.6. The molecular formula is C24H21N3O4S2. The number of nitrogens with zero attached hydrogens (tertiary/aromatic N) is 1. The van der Waals surface area contributed by atoms with Gasteiger partial charge in [-0.1, -0.05) is 23.9 Å². The summed E-state index contributed by atoms with van der Waals surface area (Å²) in [7, 11) is 3.15. The van der Waals surface area contributed by atoms with E-state index in [0.29, 0.717) is 28.4 Å². The molecule has 0 aliphatic heterocycles. The van der Waals surface area contributed by atoms with Gasteiger partial charge in [0.2, 0.25) is 5.91 Å². The van der Waals surface area contributed by atoms with Crippen LogP contribution in [0.1, 0.15) is 10.4 Å². The second-order valence-electron chi connectivity index (χ2n) is 6.92. The summed E-state index contributed by atoms with van der Waals surface area (Å²) in [6.07, 6.45) is 0. The number of hydrogen-bond acceptors (Lipinski definition) is 7. The van der Waals surface area contributed by atoms with Crippen molar-refractivity contribution in [1.29, 1.82) is 0 Å². The summed E-state index contributed by atoms with van der Waals surface area (Å²) < 4.78 is 12.1. The lowest BCUT2D eigenvalue weighted by atomic mass is 10.2. The molecule has 7 nitrogen and oxygen atoms in total. The molecule has 3 aromatic carbocycles. The highest BCUT2D eigenvalue weighted by atomic mass is 32.2. The van der Waals surface area contributed by atoms with E-state index in [4.69, 9.17) is 9.47 Å². The second-order valence-corrected chi connectivity index (χ2v) is 9.17. The zero-order valence-electron chi connectivity index (χ0n) is 18.0. The number of ether oxygens (including phenoxy) is 2. The van der Waals surface area contributed by atoms with Gasteiger partial charge in [-0.3, -0.25) is 9.59 Å². The fourth-order valence-electron chi connectivity index (χ4n) is 3.04. The Labute approximate surface area is 199 Å². The van der Waals surface area contributed by atoms with Crippen molar-refractivity contribution in [2.75, 3.05) is 30.6 Å². The number of aromatic nitrogens is 1. The van der Waals surface area contributed by atoms with Crippen LogP contribution >= 0.6 is 23.1 Å². The molecule has 0 atom stereocenters. The lowest BCUT2D eigenvalue weighted by molar-refractivity contribution is -0.113. The number of rotatable bonds is 8. The van der Waals surface area contributed by atoms with Crippen molar-refractivity contribution in [3.05, 3.63) is 72.3 Å². The molecule has 9 heteroatoms. The number of amides is 2. The summed E-state index contributed by atoms with van der Waals surface area (Å²) in [6.45, 7) is 0. The third-order valence-electron chi connectivity index (χ3n) is 4.64. The van der Waals surface area contributed by atoms with E-state index in [2.05, 4.69) is 15.6 Å². The van der Waals surface area contributed by atoms with Crippen LogP contribution in [-0.2, 0) is 4.79 Å². The SMILES string of the molecule is COc1cccc(NC(=O)CSc2nc3ccc(NC(=O)c4cccc(OC)c4)cc3s2)c1. The molecule has 4 aromatic rings. The maximum absolute atomic E-state index is 12.6. The number of benzene rings is 3. The predicted octanol–water partition coefficient (Wildman–Crippen LogP) is 5.30. The monoisotopic (exact) mass is 479 g/mol. The summed E-state index contributed by atoms with van der Waals surface area (Å²) >= 11 is 2.84. The van der Waals surface area contributed by atoms with Crippen molar-refractivity contribution in [3.63, 3.8) is 0 Å². The van der Waals surface area contributed by atoms with Gasteiger partial charge >= 0.3 is 0 Å². The average Bonchev–Trinajstić information content (AvgIpc) is 3.25. The third kappa shape index (κ3) is 5.82. The number of carbonyl (C=O) groups excluding carboxylic acids is 2. The first-order chi connectivity index (χ1) is 16.0. The van der Waals surface area contributed by atoms with Crippen LogP contribution in [0.2, 0.25) is 0 Å². The minimum Gasteiger partial charge on any atom is -0.497 e. The van der Waals surface area contributed by atoms with E-state index in [-0.39, 0.29) is 17.6 Å². The highest BCUT2D eigenvalue weighted by Crippen LogP contribution is 2.31. The summed E-state index contributed by atoms with van der Waals surface area (Å²) in [4.78, 5) is 29.4. The van der Waals surface area contributed by atoms with Crippen LogP contribution in [0.5, 0.6) is 11.5 Å². The van der Waals surface area contributed by atoms with Crippen LogP contribution in [-0.4, -0.2) is 36.8 Å². The molecule has 0 bridgehead atoms. The van der Waals surface area contributed by atoms with Crippen LogP contribution in [0.25, 0.3) is 10.2 Å². The van der Waals surface area contributed by atoms with Crippen LogP contribution in [0, 0.1) is 0 Å². The first-order valence-corrected chi connectivity index (χ1v) is 11.8. The number of carbonyl (C=O) groups is 2. The molecule has 33 heavy (non-hydrogen) atoms. The number of methoxy groups -OCH3 is 2. The molecule has 1 heterocycles. The topological polar surface area (TPSA) is 89.5 Å². The summed E-state index contributed by atoms with van der Waals surface area (Å²) in [5, 5.41) is 5.76. The Bertz CT molecular complexity index is 1310. The number of thiazole rings is 1. The molecule has 0 aliphatic carbocycles. The van der Waals surface area contributed by atoms with Gasteiger partial charge in [-0.15, -0.1) is 11.3 Å². The minimum absolute atomic E-state index is 0.126. The number of thioether (sulfide) groups is 1. The summed E-state index contributed by atoms with van der Waals surface area (Å²) in [5.41, 5.74) is 2.68. The molecule has 2 amide bonds. The Morgan fingerprint density at radius 2 is 1.64 bits per heavy atom. The minimum atomic E-state index is -0.221. The Balaban J connectivity index is 1.38. The van der Waals surface area contributed by atoms with Crippen molar-refractivity contribution >= 4 is 56.5 Å². The third-order valence-corrected chi connectivity index (χ3v) is 6.80. The van der Waals surface area contributed by atoms with Gasteiger partial charge in [-0.25, -0.2) is 4.98 Å². The van der Waals surface area contributed by atoms with Crippen molar-refractivity contribution in [3.8, 4) is 11.5 Å². The molecule has 0 unspecified atom stereocenters.